The largest absolute Gasteiger partial charge is 0.352 e. The molecule has 2 atom stereocenters. The zero-order chi connectivity index (χ0) is 17.1. The first-order valence-corrected chi connectivity index (χ1v) is 7.89. The lowest BCUT2D eigenvalue weighted by atomic mass is 9.94. The van der Waals surface area contributed by atoms with Gasteiger partial charge < -0.3 is 5.32 Å². The lowest BCUT2D eigenvalue weighted by Gasteiger charge is -2.25. The molecule has 0 unspecified atom stereocenters. The first-order valence-electron chi connectivity index (χ1n) is 7.89. The molecule has 2 aromatic rings. The third-order valence-electron chi connectivity index (χ3n) is 4.50. The molecule has 0 spiro atoms. The van der Waals surface area contributed by atoms with Gasteiger partial charge in [0.25, 0.3) is 5.91 Å². The van der Waals surface area contributed by atoms with Gasteiger partial charge >= 0.3 is 0 Å². The summed E-state index contributed by atoms with van der Waals surface area (Å²) >= 11 is 0. The third kappa shape index (κ3) is 3.43. The third-order valence-corrected chi connectivity index (χ3v) is 4.50. The number of pyridine rings is 1. The molecule has 4 nitrogen and oxygen atoms in total. The van der Waals surface area contributed by atoms with Crippen LogP contribution in [0.4, 0.5) is 8.78 Å². The predicted octanol–water partition coefficient (Wildman–Crippen LogP) is 2.78. The molecule has 1 saturated heterocycles. The fraction of sp³-hybridized carbons (Fsp3) is 0.333. The molecule has 1 amide bonds. The molecular weight excluding hydrogens is 312 g/mol. The second kappa shape index (κ2) is 7.05. The van der Waals surface area contributed by atoms with Gasteiger partial charge in [-0.3, -0.25) is 14.7 Å². The van der Waals surface area contributed by atoms with Gasteiger partial charge in [0.15, 0.2) is 0 Å². The number of hydrogen-bond donors (Lipinski definition) is 1. The van der Waals surface area contributed by atoms with Gasteiger partial charge in [0.2, 0.25) is 0 Å². The highest BCUT2D eigenvalue weighted by Gasteiger charge is 2.33. The monoisotopic (exact) mass is 331 g/mol. The van der Waals surface area contributed by atoms with Crippen LogP contribution in [0, 0.1) is 17.6 Å². The smallest absolute Gasteiger partial charge is 0.254 e. The number of hydrogen-bond acceptors (Lipinski definition) is 3. The molecule has 0 saturated carbocycles. The van der Waals surface area contributed by atoms with Crippen molar-refractivity contribution in [2.45, 2.75) is 12.5 Å². The number of nitrogens with zero attached hydrogens (tertiary/aromatic N) is 2. The molecule has 2 heterocycles. The quantitative estimate of drug-likeness (QED) is 0.937. The van der Waals surface area contributed by atoms with Crippen LogP contribution in [-0.4, -0.2) is 35.9 Å². The number of rotatable bonds is 4. The lowest BCUT2D eigenvalue weighted by Crippen LogP contribution is -2.32. The van der Waals surface area contributed by atoms with E-state index in [0.29, 0.717) is 6.54 Å². The number of benzene rings is 1. The van der Waals surface area contributed by atoms with E-state index in [0.717, 1.165) is 30.7 Å². The highest BCUT2D eigenvalue weighted by Crippen LogP contribution is 2.35. The summed E-state index contributed by atoms with van der Waals surface area (Å²) < 4.78 is 26.6. The fourth-order valence-corrected chi connectivity index (χ4v) is 3.31. The number of likely N-dealkylation sites (tertiary alicyclic amines) is 1. The molecule has 1 N–H and O–H groups in total. The number of carbonyl (C=O) groups is 1. The number of aromatic nitrogens is 1. The van der Waals surface area contributed by atoms with Crippen LogP contribution in [0.3, 0.4) is 0 Å². The van der Waals surface area contributed by atoms with E-state index in [1.54, 1.807) is 6.20 Å². The molecule has 0 aliphatic carbocycles. The van der Waals surface area contributed by atoms with Crippen molar-refractivity contribution < 1.29 is 13.6 Å². The van der Waals surface area contributed by atoms with Crippen molar-refractivity contribution in [3.8, 4) is 0 Å². The van der Waals surface area contributed by atoms with Gasteiger partial charge in [-0.25, -0.2) is 8.78 Å². The summed E-state index contributed by atoms with van der Waals surface area (Å²) in [5.41, 5.74) is 0.963. The molecule has 3 rings (SSSR count). The Labute approximate surface area is 139 Å². The van der Waals surface area contributed by atoms with Crippen LogP contribution in [0.2, 0.25) is 0 Å². The van der Waals surface area contributed by atoms with E-state index in [2.05, 4.69) is 15.2 Å². The van der Waals surface area contributed by atoms with Crippen molar-refractivity contribution in [1.82, 2.24) is 15.2 Å². The average molecular weight is 331 g/mol. The zero-order valence-electron chi connectivity index (χ0n) is 13.4. The summed E-state index contributed by atoms with van der Waals surface area (Å²) in [6, 6.07) is 7.05. The van der Waals surface area contributed by atoms with Crippen LogP contribution in [-0.2, 0) is 0 Å². The van der Waals surface area contributed by atoms with Gasteiger partial charge in [-0.2, -0.15) is 0 Å². The van der Waals surface area contributed by atoms with Gasteiger partial charge in [-0.15, -0.1) is 0 Å². The van der Waals surface area contributed by atoms with Gasteiger partial charge in [-0.1, -0.05) is 6.07 Å². The first-order chi connectivity index (χ1) is 11.6. The Hall–Kier alpha value is -2.34. The maximum Gasteiger partial charge on any atom is 0.254 e. The van der Waals surface area contributed by atoms with Crippen LogP contribution >= 0.6 is 0 Å². The fourth-order valence-electron chi connectivity index (χ4n) is 3.31. The number of nitrogens with one attached hydrogen (secondary N) is 1. The molecule has 1 aliphatic heterocycles. The van der Waals surface area contributed by atoms with Crippen molar-refractivity contribution in [3.05, 3.63) is 65.5 Å². The van der Waals surface area contributed by atoms with Gasteiger partial charge in [0, 0.05) is 31.0 Å². The van der Waals surface area contributed by atoms with Crippen LogP contribution in [0.25, 0.3) is 0 Å². The summed E-state index contributed by atoms with van der Waals surface area (Å²) in [5, 5.41) is 2.77. The second-order valence-corrected chi connectivity index (χ2v) is 6.09. The zero-order valence-corrected chi connectivity index (χ0v) is 13.4. The number of carbonyl (C=O) groups excluding carboxylic acids is 1. The van der Waals surface area contributed by atoms with Gasteiger partial charge in [0.05, 0.1) is 5.56 Å². The van der Waals surface area contributed by atoms with E-state index in [1.807, 2.05) is 25.4 Å². The molecule has 1 aromatic carbocycles. The molecule has 0 bridgehead atoms. The van der Waals surface area contributed by atoms with Crippen molar-refractivity contribution in [2.24, 2.45) is 5.92 Å². The molecule has 1 aromatic heterocycles. The van der Waals surface area contributed by atoms with Crippen LogP contribution in [0.15, 0.2) is 42.7 Å². The number of halogens is 2. The van der Waals surface area contributed by atoms with E-state index in [-0.39, 0.29) is 17.5 Å². The minimum atomic E-state index is -0.847. The first kappa shape index (κ1) is 16.5. The minimum Gasteiger partial charge on any atom is -0.352 e. The summed E-state index contributed by atoms with van der Waals surface area (Å²) in [4.78, 5) is 18.5. The van der Waals surface area contributed by atoms with E-state index in [9.17, 15) is 13.6 Å². The maximum absolute atomic E-state index is 13.7. The lowest BCUT2D eigenvalue weighted by molar-refractivity contribution is 0.0939. The van der Waals surface area contributed by atoms with Gasteiger partial charge in [0.1, 0.15) is 11.6 Å². The molecule has 0 radical (unpaired) electrons. The molecule has 6 heteroatoms. The molecule has 126 valence electrons. The molecule has 24 heavy (non-hydrogen) atoms. The van der Waals surface area contributed by atoms with E-state index >= 15 is 0 Å². The standard InChI is InChI=1S/C18H19F2N3O/c1-23-8-6-13(17(23)12-3-2-7-21-10-12)11-22-18(24)15-5-4-14(19)9-16(15)20/h2-5,7,9-10,13,17H,6,8,11H2,1H3,(H,22,24)/t13-,17-/m0/s1. The summed E-state index contributed by atoms with van der Waals surface area (Å²) in [7, 11) is 2.04. The number of amides is 1. The summed E-state index contributed by atoms with van der Waals surface area (Å²) in [6.07, 6.45) is 4.50. The van der Waals surface area contributed by atoms with Crippen LogP contribution < -0.4 is 5.32 Å². The topological polar surface area (TPSA) is 45.2 Å². The SMILES string of the molecule is CN1CC[C@@H](CNC(=O)c2ccc(F)cc2F)[C@@H]1c1cccnc1. The highest BCUT2D eigenvalue weighted by atomic mass is 19.1. The molecule has 1 fully saturated rings. The normalized spacial score (nSPS) is 21.0. The Morgan fingerprint density at radius 2 is 2.21 bits per heavy atom. The predicted molar refractivity (Wildman–Crippen MR) is 86.4 cm³/mol. The maximum atomic E-state index is 13.7. The molecular formula is C18H19F2N3O. The second-order valence-electron chi connectivity index (χ2n) is 6.09. The Morgan fingerprint density at radius 3 is 2.92 bits per heavy atom. The Balaban J connectivity index is 1.68. The van der Waals surface area contributed by atoms with Crippen molar-refractivity contribution >= 4 is 5.91 Å². The van der Waals surface area contributed by atoms with Crippen molar-refractivity contribution in [2.75, 3.05) is 20.1 Å². The molecule has 1 aliphatic rings. The summed E-state index contributed by atoms with van der Waals surface area (Å²) in [6.45, 7) is 1.35. The average Bonchev–Trinajstić information content (AvgIpc) is 2.94. The highest BCUT2D eigenvalue weighted by molar-refractivity contribution is 5.94. The summed E-state index contributed by atoms with van der Waals surface area (Å²) in [5.74, 6) is -1.85. The van der Waals surface area contributed by atoms with Crippen LogP contribution in [0.1, 0.15) is 28.4 Å². The van der Waals surface area contributed by atoms with Crippen molar-refractivity contribution in [3.63, 3.8) is 0 Å². The van der Waals surface area contributed by atoms with E-state index in [1.165, 1.54) is 6.07 Å². The van der Waals surface area contributed by atoms with Crippen LogP contribution in [0.5, 0.6) is 0 Å². The van der Waals surface area contributed by atoms with Gasteiger partial charge in [-0.05, 0) is 49.7 Å². The van der Waals surface area contributed by atoms with E-state index in [4.69, 9.17) is 0 Å². The van der Waals surface area contributed by atoms with Crippen molar-refractivity contribution in [1.29, 1.82) is 0 Å². The minimum absolute atomic E-state index is 0.138. The Bertz CT molecular complexity index is 723. The Kier molecular flexibility index (Phi) is 4.85. The Morgan fingerprint density at radius 1 is 1.38 bits per heavy atom. The van der Waals surface area contributed by atoms with E-state index < -0.39 is 17.5 Å².